The van der Waals surface area contributed by atoms with Gasteiger partial charge < -0.3 is 30.5 Å². The number of hydrogen-bond acceptors (Lipinski definition) is 9. The van der Waals surface area contributed by atoms with Crippen molar-refractivity contribution >= 4 is 27.8 Å². The third-order valence-electron chi connectivity index (χ3n) is 4.56. The van der Waals surface area contributed by atoms with Crippen LogP contribution in [0.2, 0.25) is 0 Å². The SMILES string of the molecule is Cc1ccc2[nH]c3c(nnc4nnc([C@H](O)[C@H](O)[C@H](O)[C@@H](O)CO)n43)c2c1. The van der Waals surface area contributed by atoms with E-state index in [1.165, 1.54) is 4.40 Å². The lowest BCUT2D eigenvalue weighted by Gasteiger charge is -2.24. The molecule has 0 unspecified atom stereocenters. The first kappa shape index (κ1) is 17.7. The zero-order valence-electron chi connectivity index (χ0n) is 14.2. The predicted molar refractivity (Wildman–Crippen MR) is 92.7 cm³/mol. The summed E-state index contributed by atoms with van der Waals surface area (Å²) in [5, 5.41) is 65.6. The largest absolute Gasteiger partial charge is 0.394 e. The maximum absolute atomic E-state index is 10.5. The second-order valence-corrected chi connectivity index (χ2v) is 6.44. The highest BCUT2D eigenvalue weighted by Gasteiger charge is 2.34. The minimum absolute atomic E-state index is 0.0872. The van der Waals surface area contributed by atoms with Gasteiger partial charge in [0.1, 0.15) is 35.6 Å². The van der Waals surface area contributed by atoms with Crippen LogP contribution in [0.4, 0.5) is 0 Å². The molecule has 0 aliphatic rings. The van der Waals surface area contributed by atoms with E-state index in [9.17, 15) is 20.4 Å². The molecule has 142 valence electrons. The molecule has 3 heterocycles. The number of hydrogen-bond donors (Lipinski definition) is 6. The fraction of sp³-hybridized carbons (Fsp3) is 0.375. The van der Waals surface area contributed by atoms with Crippen molar-refractivity contribution in [2.45, 2.75) is 31.3 Å². The Bertz CT molecular complexity index is 1120. The number of aliphatic hydroxyl groups is 5. The molecule has 6 N–H and O–H groups in total. The average molecular weight is 374 g/mol. The Kier molecular flexibility index (Phi) is 4.25. The molecule has 11 heteroatoms. The first-order valence-electron chi connectivity index (χ1n) is 8.25. The molecule has 0 aliphatic carbocycles. The van der Waals surface area contributed by atoms with Crippen LogP contribution in [0.3, 0.4) is 0 Å². The average Bonchev–Trinajstić information content (AvgIpc) is 3.26. The lowest BCUT2D eigenvalue weighted by Crippen LogP contribution is -2.43. The van der Waals surface area contributed by atoms with Gasteiger partial charge in [-0.2, -0.15) is 0 Å². The van der Waals surface area contributed by atoms with E-state index in [4.69, 9.17) is 5.11 Å². The lowest BCUT2D eigenvalue weighted by molar-refractivity contribution is -0.118. The van der Waals surface area contributed by atoms with Crippen LogP contribution in [-0.4, -0.2) is 80.2 Å². The summed E-state index contributed by atoms with van der Waals surface area (Å²) in [5.41, 5.74) is 2.82. The van der Waals surface area contributed by atoms with Crippen molar-refractivity contribution in [3.8, 4) is 0 Å². The van der Waals surface area contributed by atoms with Crippen LogP contribution in [0.15, 0.2) is 18.2 Å². The van der Waals surface area contributed by atoms with E-state index in [0.717, 1.165) is 16.5 Å². The zero-order valence-corrected chi connectivity index (χ0v) is 14.2. The molecule has 0 radical (unpaired) electrons. The van der Waals surface area contributed by atoms with Crippen molar-refractivity contribution in [1.29, 1.82) is 0 Å². The molecule has 4 atom stereocenters. The van der Waals surface area contributed by atoms with Gasteiger partial charge in [0, 0.05) is 10.9 Å². The van der Waals surface area contributed by atoms with Crippen molar-refractivity contribution in [2.24, 2.45) is 0 Å². The van der Waals surface area contributed by atoms with Gasteiger partial charge in [0.05, 0.1) is 6.61 Å². The Morgan fingerprint density at radius 2 is 1.78 bits per heavy atom. The van der Waals surface area contributed by atoms with E-state index in [-0.39, 0.29) is 11.6 Å². The smallest absolute Gasteiger partial charge is 0.275 e. The molecule has 11 nitrogen and oxygen atoms in total. The molecule has 0 aliphatic heterocycles. The van der Waals surface area contributed by atoms with E-state index in [0.29, 0.717) is 11.2 Å². The van der Waals surface area contributed by atoms with Gasteiger partial charge in [-0.25, -0.2) is 4.40 Å². The Hall–Kier alpha value is -2.70. The highest BCUT2D eigenvalue weighted by Crippen LogP contribution is 2.27. The number of aromatic amines is 1. The molecule has 0 saturated carbocycles. The number of H-pyrrole nitrogens is 1. The standard InChI is InChI=1S/C16H18N6O5/c1-6-2-3-8-7(4-6)10-14(17-8)22-15(19-21-16(22)20-18-10)13(27)12(26)11(25)9(24)5-23/h2-4,9,11-13,17,23-27H,5H2,1H3/t9-,11+,12+,13+/m0/s1. The molecule has 1 aromatic carbocycles. The highest BCUT2D eigenvalue weighted by atomic mass is 16.4. The van der Waals surface area contributed by atoms with Gasteiger partial charge in [-0.1, -0.05) is 11.6 Å². The molecular weight excluding hydrogens is 356 g/mol. The maximum Gasteiger partial charge on any atom is 0.275 e. The number of rotatable bonds is 5. The van der Waals surface area contributed by atoms with Gasteiger partial charge in [0.15, 0.2) is 5.82 Å². The summed E-state index contributed by atoms with van der Waals surface area (Å²) in [6.07, 6.45) is -6.91. The number of nitrogens with zero attached hydrogens (tertiary/aromatic N) is 5. The number of fused-ring (bicyclic) bond motifs is 5. The number of benzene rings is 1. The van der Waals surface area contributed by atoms with Crippen molar-refractivity contribution in [3.63, 3.8) is 0 Å². The molecule has 0 amide bonds. The van der Waals surface area contributed by atoms with E-state index in [1.807, 2.05) is 25.1 Å². The van der Waals surface area contributed by atoms with Gasteiger partial charge >= 0.3 is 0 Å². The second kappa shape index (κ2) is 6.48. The summed E-state index contributed by atoms with van der Waals surface area (Å²) in [4.78, 5) is 3.17. The van der Waals surface area contributed by atoms with Gasteiger partial charge in [-0.15, -0.1) is 20.4 Å². The molecule has 27 heavy (non-hydrogen) atoms. The summed E-state index contributed by atoms with van der Waals surface area (Å²) in [6, 6.07) is 5.75. The highest BCUT2D eigenvalue weighted by molar-refractivity contribution is 6.04. The van der Waals surface area contributed by atoms with Crippen molar-refractivity contribution < 1.29 is 25.5 Å². The second-order valence-electron chi connectivity index (χ2n) is 6.44. The van der Waals surface area contributed by atoms with Crippen molar-refractivity contribution in [3.05, 3.63) is 29.6 Å². The van der Waals surface area contributed by atoms with Crippen LogP contribution in [0.1, 0.15) is 17.5 Å². The quantitative estimate of drug-likeness (QED) is 0.245. The predicted octanol–water partition coefficient (Wildman–Crippen LogP) is -1.43. The van der Waals surface area contributed by atoms with E-state index < -0.39 is 31.0 Å². The van der Waals surface area contributed by atoms with Crippen LogP contribution in [0, 0.1) is 6.92 Å². The minimum Gasteiger partial charge on any atom is -0.394 e. The minimum atomic E-state index is -1.81. The van der Waals surface area contributed by atoms with E-state index >= 15 is 0 Å². The summed E-state index contributed by atoms with van der Waals surface area (Å²) in [7, 11) is 0. The van der Waals surface area contributed by atoms with Gasteiger partial charge in [0.25, 0.3) is 5.78 Å². The molecule has 4 rings (SSSR count). The van der Waals surface area contributed by atoms with Crippen LogP contribution in [0.25, 0.3) is 27.8 Å². The van der Waals surface area contributed by atoms with Crippen molar-refractivity contribution in [1.82, 2.24) is 29.8 Å². The Labute approximate surface area is 151 Å². The Morgan fingerprint density at radius 1 is 1.04 bits per heavy atom. The van der Waals surface area contributed by atoms with E-state index in [1.54, 1.807) is 0 Å². The molecule has 3 aromatic heterocycles. The number of aryl methyl sites for hydroxylation is 1. The third kappa shape index (κ3) is 2.72. The fourth-order valence-electron chi connectivity index (χ4n) is 3.07. The zero-order chi connectivity index (χ0) is 19.3. The van der Waals surface area contributed by atoms with Gasteiger partial charge in [-0.05, 0) is 19.1 Å². The molecule has 0 spiro atoms. The molecule has 4 aromatic rings. The third-order valence-corrected chi connectivity index (χ3v) is 4.56. The molecule has 0 saturated heterocycles. The van der Waals surface area contributed by atoms with E-state index in [2.05, 4.69) is 25.4 Å². The summed E-state index contributed by atoms with van der Waals surface area (Å²) < 4.78 is 1.39. The summed E-state index contributed by atoms with van der Waals surface area (Å²) >= 11 is 0. The first-order valence-corrected chi connectivity index (χ1v) is 8.25. The number of aliphatic hydroxyl groups excluding tert-OH is 5. The Balaban J connectivity index is 1.89. The van der Waals surface area contributed by atoms with Crippen LogP contribution >= 0.6 is 0 Å². The number of aromatic nitrogens is 6. The van der Waals surface area contributed by atoms with Crippen LogP contribution in [-0.2, 0) is 0 Å². The first-order chi connectivity index (χ1) is 12.9. The summed E-state index contributed by atoms with van der Waals surface area (Å²) in [6.45, 7) is 1.17. The van der Waals surface area contributed by atoms with Gasteiger partial charge in [0.2, 0.25) is 0 Å². The van der Waals surface area contributed by atoms with Crippen LogP contribution < -0.4 is 0 Å². The topological polar surface area (TPSA) is 173 Å². The maximum atomic E-state index is 10.5. The lowest BCUT2D eigenvalue weighted by atomic mass is 10.0. The normalized spacial score (nSPS) is 16.8. The number of nitrogens with one attached hydrogen (secondary N) is 1. The monoisotopic (exact) mass is 374 g/mol. The molecule has 0 bridgehead atoms. The molecular formula is C16H18N6O5. The van der Waals surface area contributed by atoms with Crippen LogP contribution in [0.5, 0.6) is 0 Å². The molecule has 0 fully saturated rings. The Morgan fingerprint density at radius 3 is 2.52 bits per heavy atom. The van der Waals surface area contributed by atoms with Gasteiger partial charge in [-0.3, -0.25) is 0 Å². The summed E-state index contributed by atoms with van der Waals surface area (Å²) in [5.74, 6) is -0.00547. The fourth-order valence-corrected chi connectivity index (χ4v) is 3.07. The van der Waals surface area contributed by atoms with Crippen molar-refractivity contribution in [2.75, 3.05) is 6.61 Å².